The van der Waals surface area contributed by atoms with Crippen LogP contribution < -0.4 is 0 Å². The Kier molecular flexibility index (Phi) is 7.62. The summed E-state index contributed by atoms with van der Waals surface area (Å²) in [6.07, 6.45) is -4.17. The van der Waals surface area contributed by atoms with Gasteiger partial charge >= 0.3 is 6.18 Å². The Morgan fingerprint density at radius 1 is 1.00 bits per heavy atom. The van der Waals surface area contributed by atoms with Gasteiger partial charge in [0.25, 0.3) is 0 Å². The van der Waals surface area contributed by atoms with E-state index in [1.165, 1.54) is 0 Å². The molecule has 1 atom stereocenters. The number of ether oxygens (including phenoxy) is 1. The number of unbranched alkanes of at least 4 members (excludes halogenated alkanes) is 3. The maximum absolute atomic E-state index is 12.0. The third kappa shape index (κ3) is 7.50. The molecular weight excluding hydrogens is 269 g/mol. The first-order chi connectivity index (χ1) is 9.50. The second kappa shape index (κ2) is 8.97. The van der Waals surface area contributed by atoms with Gasteiger partial charge in [-0.25, -0.2) is 0 Å². The number of aliphatic hydroxyl groups is 1. The SMILES string of the molecule is O[C@@H](CCCCCCOCc1ccccc1)C(F)(F)F. The molecule has 0 aliphatic carbocycles. The van der Waals surface area contributed by atoms with Crippen molar-refractivity contribution in [2.75, 3.05) is 6.61 Å². The van der Waals surface area contributed by atoms with Gasteiger partial charge in [-0.2, -0.15) is 13.2 Å². The van der Waals surface area contributed by atoms with E-state index in [0.29, 0.717) is 26.1 Å². The predicted octanol–water partition coefficient (Wildman–Crippen LogP) is 4.08. The van der Waals surface area contributed by atoms with E-state index in [4.69, 9.17) is 9.84 Å². The standard InChI is InChI=1S/C15H21F3O2/c16-15(17,18)14(19)10-6-1-2-7-11-20-12-13-8-4-3-5-9-13/h3-5,8-9,14,19H,1-2,6-7,10-12H2/t14-/m0/s1. The zero-order chi connectivity index (χ0) is 14.8. The van der Waals surface area contributed by atoms with Gasteiger partial charge < -0.3 is 9.84 Å². The molecular formula is C15H21F3O2. The third-order valence-corrected chi connectivity index (χ3v) is 3.01. The van der Waals surface area contributed by atoms with Gasteiger partial charge in [-0.05, 0) is 18.4 Å². The summed E-state index contributed by atoms with van der Waals surface area (Å²) < 4.78 is 41.5. The second-order valence-electron chi connectivity index (χ2n) is 4.80. The highest BCUT2D eigenvalue weighted by Crippen LogP contribution is 2.23. The van der Waals surface area contributed by atoms with Gasteiger partial charge in [0.15, 0.2) is 0 Å². The van der Waals surface area contributed by atoms with Crippen LogP contribution in [-0.2, 0) is 11.3 Å². The molecule has 20 heavy (non-hydrogen) atoms. The molecule has 0 aliphatic heterocycles. The van der Waals surface area contributed by atoms with E-state index < -0.39 is 12.3 Å². The summed E-state index contributed by atoms with van der Waals surface area (Å²) in [6, 6.07) is 9.81. The quantitative estimate of drug-likeness (QED) is 0.694. The number of hydrogen-bond acceptors (Lipinski definition) is 2. The lowest BCUT2D eigenvalue weighted by Crippen LogP contribution is -2.28. The van der Waals surface area contributed by atoms with Crippen LogP contribution in [0.15, 0.2) is 30.3 Å². The number of rotatable bonds is 9. The molecule has 0 heterocycles. The van der Waals surface area contributed by atoms with Gasteiger partial charge in [0.2, 0.25) is 0 Å². The van der Waals surface area contributed by atoms with Crippen LogP contribution in [0, 0.1) is 0 Å². The normalized spacial score (nSPS) is 13.4. The highest BCUT2D eigenvalue weighted by molar-refractivity contribution is 5.13. The molecule has 114 valence electrons. The lowest BCUT2D eigenvalue weighted by Gasteiger charge is -2.13. The summed E-state index contributed by atoms with van der Waals surface area (Å²) in [4.78, 5) is 0. The molecule has 0 fully saturated rings. The van der Waals surface area contributed by atoms with Gasteiger partial charge in [0, 0.05) is 6.61 Å². The molecule has 0 amide bonds. The first-order valence-corrected chi connectivity index (χ1v) is 6.86. The fraction of sp³-hybridized carbons (Fsp3) is 0.600. The third-order valence-electron chi connectivity index (χ3n) is 3.01. The molecule has 1 N–H and O–H groups in total. The van der Waals surface area contributed by atoms with E-state index in [0.717, 1.165) is 18.4 Å². The van der Waals surface area contributed by atoms with E-state index in [2.05, 4.69) is 0 Å². The Labute approximate surface area is 117 Å². The molecule has 0 saturated heterocycles. The molecule has 1 aromatic carbocycles. The summed E-state index contributed by atoms with van der Waals surface area (Å²) in [6.45, 7) is 1.17. The van der Waals surface area contributed by atoms with E-state index >= 15 is 0 Å². The molecule has 0 unspecified atom stereocenters. The van der Waals surface area contributed by atoms with Crippen molar-refractivity contribution in [3.63, 3.8) is 0 Å². The average Bonchev–Trinajstić information content (AvgIpc) is 2.41. The van der Waals surface area contributed by atoms with E-state index in [1.807, 2.05) is 30.3 Å². The molecule has 2 nitrogen and oxygen atoms in total. The minimum absolute atomic E-state index is 0.214. The number of hydrogen-bond donors (Lipinski definition) is 1. The highest BCUT2D eigenvalue weighted by Gasteiger charge is 2.37. The lowest BCUT2D eigenvalue weighted by atomic mass is 10.1. The fourth-order valence-electron chi connectivity index (χ4n) is 1.82. The first-order valence-electron chi connectivity index (χ1n) is 6.86. The second-order valence-corrected chi connectivity index (χ2v) is 4.80. The van der Waals surface area contributed by atoms with Crippen molar-refractivity contribution in [1.29, 1.82) is 0 Å². The lowest BCUT2D eigenvalue weighted by molar-refractivity contribution is -0.205. The van der Waals surface area contributed by atoms with Crippen molar-refractivity contribution in [2.24, 2.45) is 0 Å². The summed E-state index contributed by atoms with van der Waals surface area (Å²) >= 11 is 0. The van der Waals surface area contributed by atoms with Gasteiger partial charge in [-0.15, -0.1) is 0 Å². The molecule has 5 heteroatoms. The van der Waals surface area contributed by atoms with Crippen LogP contribution in [0.2, 0.25) is 0 Å². The minimum atomic E-state index is -4.49. The average molecular weight is 290 g/mol. The van der Waals surface area contributed by atoms with Gasteiger partial charge in [0.05, 0.1) is 6.61 Å². The van der Waals surface area contributed by atoms with Crippen molar-refractivity contribution >= 4 is 0 Å². The van der Waals surface area contributed by atoms with Crippen molar-refractivity contribution in [1.82, 2.24) is 0 Å². The first kappa shape index (κ1) is 17.0. The molecule has 1 aromatic rings. The number of halogens is 3. The van der Waals surface area contributed by atoms with Crippen LogP contribution in [0.1, 0.15) is 37.7 Å². The minimum Gasteiger partial charge on any atom is -0.384 e. The van der Waals surface area contributed by atoms with E-state index in [1.54, 1.807) is 0 Å². The zero-order valence-corrected chi connectivity index (χ0v) is 11.4. The molecule has 0 aromatic heterocycles. The number of benzene rings is 1. The van der Waals surface area contributed by atoms with Crippen LogP contribution in [-0.4, -0.2) is 24.0 Å². The molecule has 0 aliphatic rings. The van der Waals surface area contributed by atoms with Gasteiger partial charge in [0.1, 0.15) is 6.10 Å². The van der Waals surface area contributed by atoms with Crippen LogP contribution in [0.5, 0.6) is 0 Å². The van der Waals surface area contributed by atoms with Gasteiger partial charge in [-0.1, -0.05) is 49.6 Å². The van der Waals surface area contributed by atoms with Crippen LogP contribution in [0.3, 0.4) is 0 Å². The summed E-state index contributed by atoms with van der Waals surface area (Å²) in [5, 5.41) is 8.80. The van der Waals surface area contributed by atoms with Crippen molar-refractivity contribution < 1.29 is 23.0 Å². The topological polar surface area (TPSA) is 29.5 Å². The maximum Gasteiger partial charge on any atom is 0.414 e. The van der Waals surface area contributed by atoms with Crippen molar-refractivity contribution in [3.05, 3.63) is 35.9 Å². The molecule has 0 radical (unpaired) electrons. The monoisotopic (exact) mass is 290 g/mol. The summed E-state index contributed by atoms with van der Waals surface area (Å²) in [5.74, 6) is 0. The number of alkyl halides is 3. The zero-order valence-electron chi connectivity index (χ0n) is 11.4. The van der Waals surface area contributed by atoms with Crippen LogP contribution in [0.4, 0.5) is 13.2 Å². The van der Waals surface area contributed by atoms with Crippen molar-refractivity contribution in [3.8, 4) is 0 Å². The largest absolute Gasteiger partial charge is 0.414 e. The van der Waals surface area contributed by atoms with E-state index in [9.17, 15) is 13.2 Å². The Morgan fingerprint density at radius 3 is 2.30 bits per heavy atom. The maximum atomic E-state index is 12.0. The number of aliphatic hydroxyl groups excluding tert-OH is 1. The van der Waals surface area contributed by atoms with E-state index in [-0.39, 0.29) is 6.42 Å². The fourth-order valence-corrected chi connectivity index (χ4v) is 1.82. The van der Waals surface area contributed by atoms with Gasteiger partial charge in [-0.3, -0.25) is 0 Å². The molecule has 0 bridgehead atoms. The highest BCUT2D eigenvalue weighted by atomic mass is 19.4. The molecule has 0 saturated carbocycles. The van der Waals surface area contributed by atoms with Crippen LogP contribution in [0.25, 0.3) is 0 Å². The van der Waals surface area contributed by atoms with Crippen LogP contribution >= 0.6 is 0 Å². The van der Waals surface area contributed by atoms with Crippen molar-refractivity contribution in [2.45, 2.75) is 51.0 Å². The smallest absolute Gasteiger partial charge is 0.384 e. The molecule has 0 spiro atoms. The predicted molar refractivity (Wildman–Crippen MR) is 71.2 cm³/mol. The molecule has 1 rings (SSSR count). The summed E-state index contributed by atoms with van der Waals surface area (Å²) in [5.41, 5.74) is 1.11. The Balaban J connectivity index is 1.93. The Bertz CT molecular complexity index is 352. The summed E-state index contributed by atoms with van der Waals surface area (Å²) in [7, 11) is 0. The Morgan fingerprint density at radius 2 is 1.65 bits per heavy atom. The Hall–Kier alpha value is -1.07.